The first-order chi connectivity index (χ1) is 10.7. The van der Waals surface area contributed by atoms with Crippen LogP contribution in [-0.2, 0) is 23.9 Å². The van der Waals surface area contributed by atoms with Crippen LogP contribution in [0.15, 0.2) is 0 Å². The van der Waals surface area contributed by atoms with E-state index in [2.05, 4.69) is 0 Å². The van der Waals surface area contributed by atoms with E-state index in [-0.39, 0.29) is 29.5 Å². The standard InChI is InChI=1S/C18H26O5/c1-9-12-13(17(21)23-18(2,3)4)10-7-5-6-8-11(10)15(19)14(12)16(20)22-9/h9-14H,5-8H2,1-4H3/t9-,10-,11-,12+,13?,14+/m0/s1. The van der Waals surface area contributed by atoms with Crippen LogP contribution in [0.25, 0.3) is 0 Å². The van der Waals surface area contributed by atoms with Crippen LogP contribution >= 0.6 is 0 Å². The smallest absolute Gasteiger partial charge is 0.317 e. The zero-order chi connectivity index (χ0) is 16.9. The van der Waals surface area contributed by atoms with Gasteiger partial charge in [-0.25, -0.2) is 0 Å². The zero-order valence-electron chi connectivity index (χ0n) is 14.3. The van der Waals surface area contributed by atoms with Gasteiger partial charge in [0, 0.05) is 11.8 Å². The highest BCUT2D eigenvalue weighted by atomic mass is 16.6. The van der Waals surface area contributed by atoms with Crippen molar-refractivity contribution in [1.82, 2.24) is 0 Å². The minimum absolute atomic E-state index is 0.00569. The lowest BCUT2D eigenvalue weighted by Crippen LogP contribution is -2.53. The maximum Gasteiger partial charge on any atom is 0.317 e. The monoisotopic (exact) mass is 322 g/mol. The number of ether oxygens (including phenoxy) is 2. The number of carbonyl (C=O) groups is 3. The van der Waals surface area contributed by atoms with E-state index in [1.165, 1.54) is 0 Å². The lowest BCUT2D eigenvalue weighted by atomic mass is 9.57. The summed E-state index contributed by atoms with van der Waals surface area (Å²) < 4.78 is 11.0. The second kappa shape index (κ2) is 5.60. The van der Waals surface area contributed by atoms with Crippen molar-refractivity contribution in [3.8, 4) is 0 Å². The van der Waals surface area contributed by atoms with Gasteiger partial charge in [-0.15, -0.1) is 0 Å². The molecule has 0 bridgehead atoms. The molecule has 2 aliphatic carbocycles. The third-order valence-corrected chi connectivity index (χ3v) is 5.53. The van der Waals surface area contributed by atoms with Crippen LogP contribution in [0.1, 0.15) is 53.4 Å². The van der Waals surface area contributed by atoms with Gasteiger partial charge in [0.05, 0.1) is 5.92 Å². The second-order valence-electron chi connectivity index (χ2n) is 8.21. The number of rotatable bonds is 1. The topological polar surface area (TPSA) is 69.7 Å². The molecule has 1 aliphatic heterocycles. The third kappa shape index (κ3) is 2.79. The number of Topliss-reactive ketones (excluding diaryl/α,β-unsaturated/α-hetero) is 1. The maximum atomic E-state index is 12.9. The largest absolute Gasteiger partial charge is 0.462 e. The summed E-state index contributed by atoms with van der Waals surface area (Å²) in [4.78, 5) is 37.8. The molecular formula is C18H26O5. The molecule has 5 heteroatoms. The van der Waals surface area contributed by atoms with Gasteiger partial charge in [0.25, 0.3) is 0 Å². The summed E-state index contributed by atoms with van der Waals surface area (Å²) in [7, 11) is 0. The first-order valence-corrected chi connectivity index (χ1v) is 8.68. The van der Waals surface area contributed by atoms with E-state index in [1.54, 1.807) is 6.92 Å². The van der Waals surface area contributed by atoms with Crippen molar-refractivity contribution < 1.29 is 23.9 Å². The van der Waals surface area contributed by atoms with E-state index < -0.39 is 29.5 Å². The number of hydrogen-bond acceptors (Lipinski definition) is 5. The van der Waals surface area contributed by atoms with Crippen LogP contribution < -0.4 is 0 Å². The third-order valence-electron chi connectivity index (χ3n) is 5.53. The Morgan fingerprint density at radius 2 is 1.83 bits per heavy atom. The Morgan fingerprint density at radius 1 is 1.17 bits per heavy atom. The maximum absolute atomic E-state index is 12.9. The van der Waals surface area contributed by atoms with E-state index in [9.17, 15) is 14.4 Å². The molecule has 0 aromatic heterocycles. The number of carbonyl (C=O) groups excluding carboxylic acids is 3. The number of cyclic esters (lactones) is 1. The Kier molecular flexibility index (Phi) is 4.01. The van der Waals surface area contributed by atoms with E-state index >= 15 is 0 Å². The van der Waals surface area contributed by atoms with Gasteiger partial charge >= 0.3 is 11.9 Å². The fourth-order valence-electron chi connectivity index (χ4n) is 4.73. The second-order valence-corrected chi connectivity index (χ2v) is 8.21. The normalized spacial score (nSPS) is 40.2. The summed E-state index contributed by atoms with van der Waals surface area (Å²) in [6, 6.07) is 0. The first-order valence-electron chi connectivity index (χ1n) is 8.68. The molecule has 1 heterocycles. The molecule has 3 rings (SSSR count). The van der Waals surface area contributed by atoms with Crippen molar-refractivity contribution in [1.29, 1.82) is 0 Å². The molecule has 0 radical (unpaired) electrons. The Hall–Kier alpha value is -1.39. The van der Waals surface area contributed by atoms with E-state index in [4.69, 9.17) is 9.47 Å². The Balaban J connectivity index is 1.97. The summed E-state index contributed by atoms with van der Waals surface area (Å²) in [6.07, 6.45) is 3.22. The molecule has 6 atom stereocenters. The van der Waals surface area contributed by atoms with Gasteiger partial charge in [0.1, 0.15) is 17.6 Å². The molecule has 1 saturated heterocycles. The van der Waals surface area contributed by atoms with Crippen molar-refractivity contribution in [2.45, 2.75) is 65.1 Å². The van der Waals surface area contributed by atoms with Gasteiger partial charge in [0.2, 0.25) is 0 Å². The summed E-state index contributed by atoms with van der Waals surface area (Å²) in [5.74, 6) is -2.50. The molecule has 23 heavy (non-hydrogen) atoms. The number of esters is 2. The molecule has 128 valence electrons. The van der Waals surface area contributed by atoms with Crippen LogP contribution in [0, 0.1) is 29.6 Å². The molecule has 2 saturated carbocycles. The van der Waals surface area contributed by atoms with Crippen LogP contribution in [0.5, 0.6) is 0 Å². The van der Waals surface area contributed by atoms with E-state index in [0.717, 1.165) is 25.7 Å². The quantitative estimate of drug-likeness (QED) is 0.548. The summed E-state index contributed by atoms with van der Waals surface area (Å²) in [5.41, 5.74) is -0.578. The summed E-state index contributed by atoms with van der Waals surface area (Å²) in [6.45, 7) is 7.31. The SMILES string of the molecule is C[C@@H]1OC(=O)[C@H]2C(=O)[C@H]3CCCC[C@@H]3C(C(=O)OC(C)(C)C)[C@H]21. The van der Waals surface area contributed by atoms with Crippen LogP contribution in [0.4, 0.5) is 0 Å². The fourth-order valence-corrected chi connectivity index (χ4v) is 4.73. The van der Waals surface area contributed by atoms with Gasteiger partial charge in [-0.3, -0.25) is 14.4 Å². The van der Waals surface area contributed by atoms with Crippen LogP contribution in [-0.4, -0.2) is 29.4 Å². The van der Waals surface area contributed by atoms with Crippen LogP contribution in [0.3, 0.4) is 0 Å². The summed E-state index contributed by atoms with van der Waals surface area (Å²) >= 11 is 0. The zero-order valence-corrected chi connectivity index (χ0v) is 14.3. The van der Waals surface area contributed by atoms with Gasteiger partial charge in [-0.05, 0) is 46.5 Å². The Morgan fingerprint density at radius 3 is 2.48 bits per heavy atom. The van der Waals surface area contributed by atoms with Crippen molar-refractivity contribution >= 4 is 17.7 Å². The highest BCUT2D eigenvalue weighted by Crippen LogP contribution is 2.51. The van der Waals surface area contributed by atoms with E-state index in [1.807, 2.05) is 20.8 Å². The molecule has 0 spiro atoms. The molecule has 3 aliphatic rings. The molecule has 5 nitrogen and oxygen atoms in total. The fraction of sp³-hybridized carbons (Fsp3) is 0.833. The first kappa shape index (κ1) is 16.5. The molecule has 0 aromatic carbocycles. The predicted octanol–water partition coefficient (Wildman–Crippen LogP) is 2.51. The molecule has 0 N–H and O–H groups in total. The van der Waals surface area contributed by atoms with Crippen molar-refractivity contribution in [3.05, 3.63) is 0 Å². The van der Waals surface area contributed by atoms with Crippen molar-refractivity contribution in [2.24, 2.45) is 29.6 Å². The predicted molar refractivity (Wildman–Crippen MR) is 82.3 cm³/mol. The lowest BCUT2D eigenvalue weighted by molar-refractivity contribution is -0.172. The number of fused-ring (bicyclic) bond motifs is 2. The Bertz CT molecular complexity index is 532. The minimum Gasteiger partial charge on any atom is -0.462 e. The van der Waals surface area contributed by atoms with Crippen molar-refractivity contribution in [3.63, 3.8) is 0 Å². The molecule has 0 aromatic rings. The Labute approximate surface area is 137 Å². The van der Waals surface area contributed by atoms with Gasteiger partial charge in [-0.2, -0.15) is 0 Å². The minimum atomic E-state index is -0.776. The molecular weight excluding hydrogens is 296 g/mol. The number of hydrogen-bond donors (Lipinski definition) is 0. The highest BCUT2D eigenvalue weighted by molar-refractivity contribution is 6.03. The lowest BCUT2D eigenvalue weighted by Gasteiger charge is -2.44. The average molecular weight is 322 g/mol. The molecule has 1 unspecified atom stereocenters. The summed E-state index contributed by atoms with van der Waals surface area (Å²) in [5, 5.41) is 0. The molecule has 0 amide bonds. The highest BCUT2D eigenvalue weighted by Gasteiger charge is 2.61. The van der Waals surface area contributed by atoms with Gasteiger partial charge < -0.3 is 9.47 Å². The van der Waals surface area contributed by atoms with Gasteiger partial charge in [-0.1, -0.05) is 12.8 Å². The van der Waals surface area contributed by atoms with Crippen LogP contribution in [0.2, 0.25) is 0 Å². The number of ketones is 1. The molecule has 3 fully saturated rings. The van der Waals surface area contributed by atoms with Crippen molar-refractivity contribution in [2.75, 3.05) is 0 Å². The average Bonchev–Trinajstić information content (AvgIpc) is 2.73. The van der Waals surface area contributed by atoms with E-state index in [0.29, 0.717) is 0 Å². The van der Waals surface area contributed by atoms with Gasteiger partial charge in [0.15, 0.2) is 5.78 Å².